The van der Waals surface area contributed by atoms with Gasteiger partial charge >= 0.3 is 0 Å². The fraction of sp³-hybridized carbons (Fsp3) is 0.538. The maximum atomic E-state index is 12.2. The highest BCUT2D eigenvalue weighted by Gasteiger charge is 2.33. The molecule has 8 nitrogen and oxygen atoms in total. The summed E-state index contributed by atoms with van der Waals surface area (Å²) in [7, 11) is 1.41. The van der Waals surface area contributed by atoms with Crippen molar-refractivity contribution in [1.82, 2.24) is 20.4 Å². The Balaban J connectivity index is 2.12. The van der Waals surface area contributed by atoms with Crippen LogP contribution in [0.2, 0.25) is 0 Å². The standard InChI is InChI=1S/C13H19N5O3/c1-6(2)10-9(14)11(17-16-10)12(20)15-7-4-5-8(19)18(3)13(7)21/h6-7H,4-5,14H2,1-3H3,(H,15,20)(H,16,17). The smallest absolute Gasteiger partial charge is 0.274 e. The maximum Gasteiger partial charge on any atom is 0.274 e. The van der Waals surface area contributed by atoms with Crippen molar-refractivity contribution in [3.8, 4) is 0 Å². The number of carbonyl (C=O) groups excluding carboxylic acids is 3. The molecule has 114 valence electrons. The van der Waals surface area contributed by atoms with Crippen molar-refractivity contribution >= 4 is 23.4 Å². The van der Waals surface area contributed by atoms with Crippen LogP contribution in [0.3, 0.4) is 0 Å². The van der Waals surface area contributed by atoms with Gasteiger partial charge in [0.1, 0.15) is 6.04 Å². The highest BCUT2D eigenvalue weighted by molar-refractivity contribution is 6.04. The normalized spacial score (nSPS) is 19.2. The molecule has 1 unspecified atom stereocenters. The number of rotatable bonds is 3. The molecule has 0 spiro atoms. The quantitative estimate of drug-likeness (QED) is 0.677. The van der Waals surface area contributed by atoms with Crippen molar-refractivity contribution < 1.29 is 14.4 Å². The van der Waals surface area contributed by atoms with Gasteiger partial charge in [0, 0.05) is 13.5 Å². The molecule has 0 aromatic carbocycles. The summed E-state index contributed by atoms with van der Waals surface area (Å²) < 4.78 is 0. The van der Waals surface area contributed by atoms with Crippen LogP contribution in [0.4, 0.5) is 5.69 Å². The van der Waals surface area contributed by atoms with Gasteiger partial charge in [0.15, 0.2) is 5.69 Å². The number of piperidine rings is 1. The number of hydrogen-bond acceptors (Lipinski definition) is 5. The SMILES string of the molecule is CC(C)c1[nH]nc(C(=O)NC2CCC(=O)N(C)C2=O)c1N. The Labute approximate surface area is 122 Å². The lowest BCUT2D eigenvalue weighted by atomic mass is 10.0. The number of nitrogen functional groups attached to an aromatic ring is 1. The van der Waals surface area contributed by atoms with E-state index in [9.17, 15) is 14.4 Å². The lowest BCUT2D eigenvalue weighted by molar-refractivity contribution is -0.147. The van der Waals surface area contributed by atoms with Gasteiger partial charge in [-0.1, -0.05) is 13.8 Å². The zero-order chi connectivity index (χ0) is 15.7. The molecule has 1 aliphatic rings. The van der Waals surface area contributed by atoms with Gasteiger partial charge in [0.05, 0.1) is 11.4 Å². The number of likely N-dealkylation sites (tertiary alicyclic amines) is 1. The van der Waals surface area contributed by atoms with E-state index in [1.54, 1.807) is 0 Å². The largest absolute Gasteiger partial charge is 0.395 e. The summed E-state index contributed by atoms with van der Waals surface area (Å²) in [4.78, 5) is 36.5. The van der Waals surface area contributed by atoms with Crippen LogP contribution in [0.1, 0.15) is 48.8 Å². The number of nitrogens with one attached hydrogen (secondary N) is 2. The minimum absolute atomic E-state index is 0.0750. The topological polar surface area (TPSA) is 121 Å². The Morgan fingerprint density at radius 1 is 1.48 bits per heavy atom. The summed E-state index contributed by atoms with van der Waals surface area (Å²) in [5.74, 6) is -1.07. The number of hydrogen-bond donors (Lipinski definition) is 3. The molecule has 1 aromatic rings. The molecule has 0 radical (unpaired) electrons. The molecule has 0 aliphatic carbocycles. The number of amides is 3. The number of nitrogens with two attached hydrogens (primary N) is 1. The van der Waals surface area contributed by atoms with E-state index in [1.807, 2.05) is 13.8 Å². The molecule has 2 heterocycles. The second kappa shape index (κ2) is 5.55. The van der Waals surface area contributed by atoms with Crippen molar-refractivity contribution in [3.63, 3.8) is 0 Å². The van der Waals surface area contributed by atoms with Crippen molar-refractivity contribution in [1.29, 1.82) is 0 Å². The fourth-order valence-corrected chi connectivity index (χ4v) is 2.25. The number of likely N-dealkylation sites (N-methyl/N-ethyl adjacent to an activating group) is 1. The lowest BCUT2D eigenvalue weighted by Gasteiger charge is -2.27. The van der Waals surface area contributed by atoms with Crippen LogP contribution in [-0.4, -0.2) is 45.9 Å². The van der Waals surface area contributed by atoms with E-state index < -0.39 is 17.9 Å². The lowest BCUT2D eigenvalue weighted by Crippen LogP contribution is -2.53. The van der Waals surface area contributed by atoms with Crippen LogP contribution < -0.4 is 11.1 Å². The van der Waals surface area contributed by atoms with Crippen LogP contribution >= 0.6 is 0 Å². The summed E-state index contributed by atoms with van der Waals surface area (Å²) in [6.07, 6.45) is 0.510. The van der Waals surface area contributed by atoms with E-state index in [0.29, 0.717) is 5.69 Å². The summed E-state index contributed by atoms with van der Waals surface area (Å²) >= 11 is 0. The van der Waals surface area contributed by atoms with Crippen molar-refractivity contribution in [2.24, 2.45) is 0 Å². The van der Waals surface area contributed by atoms with E-state index in [2.05, 4.69) is 15.5 Å². The molecule has 8 heteroatoms. The van der Waals surface area contributed by atoms with Crippen LogP contribution in [0.15, 0.2) is 0 Å². The van der Waals surface area contributed by atoms with Gasteiger partial charge in [-0.25, -0.2) is 0 Å². The number of carbonyl (C=O) groups is 3. The zero-order valence-corrected chi connectivity index (χ0v) is 12.3. The predicted molar refractivity (Wildman–Crippen MR) is 75.4 cm³/mol. The van der Waals surface area contributed by atoms with Gasteiger partial charge in [0.25, 0.3) is 11.8 Å². The first-order chi connectivity index (χ1) is 9.82. The Hall–Kier alpha value is -2.38. The second-order valence-corrected chi connectivity index (χ2v) is 5.41. The number of nitrogens with zero attached hydrogens (tertiary/aromatic N) is 2. The number of aromatic amines is 1. The molecule has 21 heavy (non-hydrogen) atoms. The van der Waals surface area contributed by atoms with Gasteiger partial charge in [-0.15, -0.1) is 0 Å². The highest BCUT2D eigenvalue weighted by Crippen LogP contribution is 2.22. The zero-order valence-electron chi connectivity index (χ0n) is 12.3. The molecule has 0 saturated carbocycles. The average Bonchev–Trinajstić information content (AvgIpc) is 2.81. The Bertz CT molecular complexity index is 593. The van der Waals surface area contributed by atoms with Crippen molar-refractivity contribution in [2.45, 2.75) is 38.6 Å². The maximum absolute atomic E-state index is 12.2. The molecule has 1 aromatic heterocycles. The van der Waals surface area contributed by atoms with E-state index in [0.717, 1.165) is 4.90 Å². The summed E-state index contributed by atoms with van der Waals surface area (Å²) in [6.45, 7) is 3.85. The highest BCUT2D eigenvalue weighted by atomic mass is 16.2. The third-order valence-corrected chi connectivity index (χ3v) is 3.58. The molecule has 4 N–H and O–H groups in total. The molecular formula is C13H19N5O3. The Morgan fingerprint density at radius 2 is 2.14 bits per heavy atom. The van der Waals surface area contributed by atoms with Gasteiger partial charge in [-0.05, 0) is 12.3 Å². The number of aromatic nitrogens is 2. The summed E-state index contributed by atoms with van der Waals surface area (Å²) in [5.41, 5.74) is 6.94. The van der Waals surface area contributed by atoms with Gasteiger partial charge in [-0.3, -0.25) is 24.4 Å². The molecular weight excluding hydrogens is 274 g/mol. The second-order valence-electron chi connectivity index (χ2n) is 5.41. The summed E-state index contributed by atoms with van der Waals surface area (Å²) in [6, 6.07) is -0.723. The predicted octanol–water partition coefficient (Wildman–Crippen LogP) is -0.00750. The van der Waals surface area contributed by atoms with Gasteiger partial charge in [-0.2, -0.15) is 5.10 Å². The third kappa shape index (κ3) is 2.74. The minimum atomic E-state index is -0.723. The fourth-order valence-electron chi connectivity index (χ4n) is 2.25. The Kier molecular flexibility index (Phi) is 3.97. The number of imide groups is 1. The molecule has 1 atom stereocenters. The van der Waals surface area contributed by atoms with Crippen LogP contribution in [-0.2, 0) is 9.59 Å². The van der Waals surface area contributed by atoms with E-state index >= 15 is 0 Å². The first kappa shape index (κ1) is 15.0. The van der Waals surface area contributed by atoms with E-state index in [-0.39, 0.29) is 36.0 Å². The molecule has 1 saturated heterocycles. The van der Waals surface area contributed by atoms with Crippen molar-refractivity contribution in [2.75, 3.05) is 12.8 Å². The van der Waals surface area contributed by atoms with Gasteiger partial charge in [0.2, 0.25) is 5.91 Å². The van der Waals surface area contributed by atoms with E-state index in [4.69, 9.17) is 5.73 Å². The van der Waals surface area contributed by atoms with Crippen LogP contribution in [0.25, 0.3) is 0 Å². The molecule has 2 rings (SSSR count). The monoisotopic (exact) mass is 293 g/mol. The minimum Gasteiger partial charge on any atom is -0.395 e. The molecule has 1 fully saturated rings. The molecule has 0 bridgehead atoms. The van der Waals surface area contributed by atoms with E-state index in [1.165, 1.54) is 7.05 Å². The van der Waals surface area contributed by atoms with Gasteiger partial charge < -0.3 is 11.1 Å². The first-order valence-corrected chi connectivity index (χ1v) is 6.78. The Morgan fingerprint density at radius 3 is 2.71 bits per heavy atom. The van der Waals surface area contributed by atoms with Crippen LogP contribution in [0.5, 0.6) is 0 Å². The van der Waals surface area contributed by atoms with Crippen molar-refractivity contribution in [3.05, 3.63) is 11.4 Å². The average molecular weight is 293 g/mol. The van der Waals surface area contributed by atoms with Crippen LogP contribution in [0, 0.1) is 0 Å². The summed E-state index contributed by atoms with van der Waals surface area (Å²) in [5, 5.41) is 9.23. The molecule has 3 amide bonds. The first-order valence-electron chi connectivity index (χ1n) is 6.78. The number of H-pyrrole nitrogens is 1. The number of anilines is 1. The third-order valence-electron chi connectivity index (χ3n) is 3.58. The molecule has 1 aliphatic heterocycles.